The van der Waals surface area contributed by atoms with Crippen LogP contribution in [-0.2, 0) is 4.79 Å². The lowest BCUT2D eigenvalue weighted by molar-refractivity contribution is -0.137. The third kappa shape index (κ3) is 4.79. The van der Waals surface area contributed by atoms with Gasteiger partial charge in [0.1, 0.15) is 5.75 Å². The Bertz CT molecular complexity index is 313. The Labute approximate surface area is 95.0 Å². The molecule has 0 radical (unpaired) electrons. The Kier molecular flexibility index (Phi) is 5.36. The van der Waals surface area contributed by atoms with E-state index in [4.69, 9.17) is 15.6 Å². The van der Waals surface area contributed by atoms with E-state index in [1.165, 1.54) is 0 Å². The van der Waals surface area contributed by atoms with Gasteiger partial charge in [-0.2, -0.15) is 0 Å². The van der Waals surface area contributed by atoms with Crippen LogP contribution >= 0.6 is 0 Å². The van der Waals surface area contributed by atoms with Gasteiger partial charge in [-0.25, -0.2) is 0 Å². The van der Waals surface area contributed by atoms with Crippen molar-refractivity contribution >= 4 is 5.97 Å². The molecule has 3 N–H and O–H groups in total. The van der Waals surface area contributed by atoms with E-state index in [-0.39, 0.29) is 12.3 Å². The summed E-state index contributed by atoms with van der Waals surface area (Å²) in [6, 6.07) is 9.43. The fourth-order valence-corrected chi connectivity index (χ4v) is 1.33. The fourth-order valence-electron chi connectivity index (χ4n) is 1.33. The van der Waals surface area contributed by atoms with Crippen molar-refractivity contribution in [1.82, 2.24) is 0 Å². The van der Waals surface area contributed by atoms with Crippen LogP contribution in [0.3, 0.4) is 0 Å². The molecule has 0 saturated heterocycles. The smallest absolute Gasteiger partial charge is 0.303 e. The van der Waals surface area contributed by atoms with E-state index in [0.29, 0.717) is 19.6 Å². The molecule has 1 unspecified atom stereocenters. The van der Waals surface area contributed by atoms with Gasteiger partial charge in [0.15, 0.2) is 0 Å². The quantitative estimate of drug-likeness (QED) is 0.734. The molecule has 0 heterocycles. The molecule has 16 heavy (non-hydrogen) atoms. The van der Waals surface area contributed by atoms with E-state index in [1.54, 1.807) is 0 Å². The molecule has 0 aliphatic rings. The monoisotopic (exact) mass is 223 g/mol. The summed E-state index contributed by atoms with van der Waals surface area (Å²) < 4.78 is 5.52. The Hall–Kier alpha value is -1.55. The summed E-state index contributed by atoms with van der Waals surface area (Å²) >= 11 is 0. The van der Waals surface area contributed by atoms with Crippen LogP contribution in [0.4, 0.5) is 0 Å². The van der Waals surface area contributed by atoms with E-state index in [1.807, 2.05) is 30.3 Å². The van der Waals surface area contributed by atoms with Gasteiger partial charge in [0, 0.05) is 12.3 Å². The summed E-state index contributed by atoms with van der Waals surface area (Å²) in [5.41, 5.74) is 5.55. The van der Waals surface area contributed by atoms with Gasteiger partial charge in [-0.05, 0) is 25.1 Å². The maximum Gasteiger partial charge on any atom is 0.303 e. The third-order valence-electron chi connectivity index (χ3n) is 2.33. The van der Waals surface area contributed by atoms with Crippen LogP contribution < -0.4 is 10.5 Å². The highest BCUT2D eigenvalue weighted by Gasteiger charge is 2.09. The molecule has 1 aromatic rings. The first-order valence-electron chi connectivity index (χ1n) is 5.32. The summed E-state index contributed by atoms with van der Waals surface area (Å²) in [6.45, 7) is 0.911. The molecule has 0 aliphatic heterocycles. The molecule has 1 rings (SSSR count). The third-order valence-corrected chi connectivity index (χ3v) is 2.33. The molecule has 0 spiro atoms. The zero-order valence-corrected chi connectivity index (χ0v) is 9.13. The predicted molar refractivity (Wildman–Crippen MR) is 61.4 cm³/mol. The summed E-state index contributed by atoms with van der Waals surface area (Å²) in [7, 11) is 0. The summed E-state index contributed by atoms with van der Waals surface area (Å²) in [5, 5.41) is 8.56. The second-order valence-corrected chi connectivity index (χ2v) is 3.66. The van der Waals surface area contributed by atoms with Crippen molar-refractivity contribution in [2.75, 3.05) is 13.2 Å². The van der Waals surface area contributed by atoms with Gasteiger partial charge >= 0.3 is 5.97 Å². The fraction of sp³-hybridized carbons (Fsp3) is 0.417. The average molecular weight is 223 g/mol. The molecule has 0 fully saturated rings. The molecule has 4 nitrogen and oxygen atoms in total. The lowest BCUT2D eigenvalue weighted by Crippen LogP contribution is -2.22. The number of aliphatic carboxylic acids is 1. The number of carboxylic acids is 1. The van der Waals surface area contributed by atoms with Crippen LogP contribution in [-0.4, -0.2) is 24.2 Å². The predicted octanol–water partition coefficient (Wildman–Crippen LogP) is 1.51. The molecular weight excluding hydrogens is 206 g/mol. The minimum Gasteiger partial charge on any atom is -0.493 e. The molecule has 0 aliphatic carbocycles. The maximum absolute atomic E-state index is 10.4. The van der Waals surface area contributed by atoms with Crippen molar-refractivity contribution in [1.29, 1.82) is 0 Å². The lowest BCUT2D eigenvalue weighted by atomic mass is 10.1. The summed E-state index contributed by atoms with van der Waals surface area (Å²) in [6.07, 6.45) is 0.693. The number of hydrogen-bond acceptors (Lipinski definition) is 3. The van der Waals surface area contributed by atoms with E-state index in [9.17, 15) is 4.79 Å². The maximum atomic E-state index is 10.4. The number of carboxylic acid groups (broad SMARTS) is 1. The highest BCUT2D eigenvalue weighted by atomic mass is 16.5. The van der Waals surface area contributed by atoms with Gasteiger partial charge in [-0.15, -0.1) is 0 Å². The van der Waals surface area contributed by atoms with Gasteiger partial charge in [-0.1, -0.05) is 18.2 Å². The number of nitrogens with two attached hydrogens (primary N) is 1. The van der Waals surface area contributed by atoms with Gasteiger partial charge in [-0.3, -0.25) is 4.79 Å². The van der Waals surface area contributed by atoms with Crippen molar-refractivity contribution in [3.8, 4) is 5.75 Å². The molecule has 4 heteroatoms. The number of benzene rings is 1. The van der Waals surface area contributed by atoms with Gasteiger partial charge in [0.25, 0.3) is 0 Å². The topological polar surface area (TPSA) is 72.6 Å². The van der Waals surface area contributed by atoms with Crippen LogP contribution in [0.25, 0.3) is 0 Å². The number of rotatable bonds is 7. The van der Waals surface area contributed by atoms with Gasteiger partial charge in [0.2, 0.25) is 0 Å². The van der Waals surface area contributed by atoms with Crippen LogP contribution in [0.1, 0.15) is 12.8 Å². The molecule has 88 valence electrons. The average Bonchev–Trinajstić information content (AvgIpc) is 2.30. The van der Waals surface area contributed by atoms with E-state index in [2.05, 4.69) is 0 Å². The molecular formula is C12H17NO3. The van der Waals surface area contributed by atoms with E-state index >= 15 is 0 Å². The first kappa shape index (κ1) is 12.5. The Morgan fingerprint density at radius 3 is 2.62 bits per heavy atom. The van der Waals surface area contributed by atoms with E-state index < -0.39 is 5.97 Å². The molecule has 0 aromatic heterocycles. The molecule has 0 amide bonds. The van der Waals surface area contributed by atoms with Crippen molar-refractivity contribution in [2.45, 2.75) is 12.8 Å². The van der Waals surface area contributed by atoms with Crippen molar-refractivity contribution in [3.05, 3.63) is 30.3 Å². The van der Waals surface area contributed by atoms with Crippen molar-refractivity contribution in [3.63, 3.8) is 0 Å². The minimum atomic E-state index is -0.793. The second-order valence-electron chi connectivity index (χ2n) is 3.66. The first-order valence-corrected chi connectivity index (χ1v) is 5.32. The second kappa shape index (κ2) is 6.85. The van der Waals surface area contributed by atoms with Crippen molar-refractivity contribution in [2.24, 2.45) is 11.7 Å². The highest BCUT2D eigenvalue weighted by Crippen LogP contribution is 2.12. The van der Waals surface area contributed by atoms with Crippen LogP contribution in [0, 0.1) is 5.92 Å². The van der Waals surface area contributed by atoms with Gasteiger partial charge < -0.3 is 15.6 Å². The van der Waals surface area contributed by atoms with Crippen LogP contribution in [0.2, 0.25) is 0 Å². The zero-order valence-electron chi connectivity index (χ0n) is 9.13. The Morgan fingerprint density at radius 2 is 2.06 bits per heavy atom. The largest absolute Gasteiger partial charge is 0.493 e. The van der Waals surface area contributed by atoms with Crippen LogP contribution in [0.15, 0.2) is 30.3 Å². The standard InChI is InChI=1S/C12H17NO3/c13-8-10(6-7-12(14)15)9-16-11-4-2-1-3-5-11/h1-5,10H,6-9,13H2,(H,14,15). The normalized spacial score (nSPS) is 12.1. The van der Waals surface area contributed by atoms with Crippen LogP contribution in [0.5, 0.6) is 5.75 Å². The molecule has 0 bridgehead atoms. The number of ether oxygens (including phenoxy) is 1. The number of hydrogen-bond donors (Lipinski definition) is 2. The van der Waals surface area contributed by atoms with E-state index in [0.717, 1.165) is 5.75 Å². The Balaban J connectivity index is 2.31. The summed E-state index contributed by atoms with van der Waals surface area (Å²) in [4.78, 5) is 10.4. The van der Waals surface area contributed by atoms with Crippen molar-refractivity contribution < 1.29 is 14.6 Å². The first-order chi connectivity index (χ1) is 7.72. The molecule has 1 aromatic carbocycles. The Morgan fingerprint density at radius 1 is 1.38 bits per heavy atom. The zero-order chi connectivity index (χ0) is 11.8. The van der Waals surface area contributed by atoms with Gasteiger partial charge in [0.05, 0.1) is 6.61 Å². The number of carbonyl (C=O) groups is 1. The highest BCUT2D eigenvalue weighted by molar-refractivity contribution is 5.66. The number of para-hydroxylation sites is 1. The molecule has 0 saturated carbocycles. The molecule has 1 atom stereocenters. The summed E-state index contributed by atoms with van der Waals surface area (Å²) in [5.74, 6) is 0.0887. The SMILES string of the molecule is NCC(CCC(=O)O)COc1ccccc1. The minimum absolute atomic E-state index is 0.0938. The lowest BCUT2D eigenvalue weighted by Gasteiger charge is -2.14.